The van der Waals surface area contributed by atoms with Crippen molar-refractivity contribution in [3.8, 4) is 0 Å². The molecule has 1 heteroatoms. The van der Waals surface area contributed by atoms with Gasteiger partial charge in [-0.1, -0.05) is 29.8 Å². The van der Waals surface area contributed by atoms with E-state index in [2.05, 4.69) is 42.6 Å². The molecule has 0 saturated heterocycles. The maximum absolute atomic E-state index is 3.29. The lowest BCUT2D eigenvalue weighted by atomic mass is 10.2. The predicted octanol–water partition coefficient (Wildman–Crippen LogP) is 2.98. The fourth-order valence-corrected chi connectivity index (χ4v) is 0.966. The summed E-state index contributed by atoms with van der Waals surface area (Å²) in [5, 5.41) is 3.29. The van der Waals surface area contributed by atoms with E-state index in [0.29, 0.717) is 0 Å². The van der Waals surface area contributed by atoms with Gasteiger partial charge in [0, 0.05) is 12.2 Å². The lowest BCUT2D eigenvalue weighted by molar-refractivity contribution is 1.32. The van der Waals surface area contributed by atoms with Crippen LogP contribution in [-0.2, 0) is 0 Å². The molecule has 64 valence electrons. The number of nitrogens with one attached hydrogen (secondary N) is 1. The molecule has 0 fully saturated rings. The molecule has 0 atom stereocenters. The van der Waals surface area contributed by atoms with Crippen LogP contribution in [0.2, 0.25) is 0 Å². The van der Waals surface area contributed by atoms with Crippen molar-refractivity contribution in [1.82, 2.24) is 0 Å². The Bertz CT molecular complexity index is 246. The number of rotatable bonds is 3. The summed E-state index contributed by atoms with van der Waals surface area (Å²) in [6.07, 6.45) is 4.14. The first-order valence-electron chi connectivity index (χ1n) is 4.24. The number of hydrogen-bond donors (Lipinski definition) is 1. The van der Waals surface area contributed by atoms with E-state index in [4.69, 9.17) is 0 Å². The van der Waals surface area contributed by atoms with E-state index in [1.807, 2.05) is 13.0 Å². The van der Waals surface area contributed by atoms with Crippen LogP contribution < -0.4 is 5.32 Å². The summed E-state index contributed by atoms with van der Waals surface area (Å²) in [6.45, 7) is 5.02. The lowest BCUT2D eigenvalue weighted by Gasteiger charge is -2.02. The zero-order valence-corrected chi connectivity index (χ0v) is 7.67. The summed E-state index contributed by atoms with van der Waals surface area (Å²) in [6, 6.07) is 8.41. The third kappa shape index (κ3) is 2.79. The molecule has 1 rings (SSSR count). The molecule has 0 amide bonds. The average molecular weight is 161 g/mol. The maximum atomic E-state index is 3.29. The van der Waals surface area contributed by atoms with E-state index in [-0.39, 0.29) is 0 Å². The highest BCUT2D eigenvalue weighted by Crippen LogP contribution is 2.07. The lowest BCUT2D eigenvalue weighted by Crippen LogP contribution is -1.97. The highest BCUT2D eigenvalue weighted by molar-refractivity contribution is 5.44. The normalized spacial score (nSPS) is 10.5. The van der Waals surface area contributed by atoms with E-state index < -0.39 is 0 Å². The van der Waals surface area contributed by atoms with Crippen LogP contribution in [0.25, 0.3) is 0 Å². The number of benzene rings is 1. The van der Waals surface area contributed by atoms with Gasteiger partial charge in [-0.2, -0.15) is 0 Å². The zero-order valence-electron chi connectivity index (χ0n) is 7.67. The minimum absolute atomic E-state index is 0.902. The number of aryl methyl sites for hydroxylation is 1. The third-order valence-electron chi connectivity index (χ3n) is 1.71. The fourth-order valence-electron chi connectivity index (χ4n) is 0.966. The largest absolute Gasteiger partial charge is 0.382 e. The Labute approximate surface area is 74.1 Å². The van der Waals surface area contributed by atoms with Crippen LogP contribution in [-0.4, -0.2) is 6.54 Å². The molecule has 1 aromatic carbocycles. The molecule has 0 aliphatic heterocycles. The smallest absolute Gasteiger partial charge is 0.0342 e. The van der Waals surface area contributed by atoms with E-state index >= 15 is 0 Å². The molecule has 0 spiro atoms. The predicted molar refractivity (Wildman–Crippen MR) is 54.5 cm³/mol. The molecule has 0 aromatic heterocycles. The van der Waals surface area contributed by atoms with Crippen LogP contribution >= 0.6 is 0 Å². The van der Waals surface area contributed by atoms with Gasteiger partial charge in [0.25, 0.3) is 0 Å². The molecular weight excluding hydrogens is 146 g/mol. The Balaban J connectivity index is 2.47. The van der Waals surface area contributed by atoms with Gasteiger partial charge in [0.15, 0.2) is 0 Å². The summed E-state index contributed by atoms with van der Waals surface area (Å²) in [5.74, 6) is 0. The first kappa shape index (κ1) is 8.85. The van der Waals surface area contributed by atoms with Crippen molar-refractivity contribution in [2.75, 3.05) is 11.9 Å². The van der Waals surface area contributed by atoms with Gasteiger partial charge in [0.05, 0.1) is 0 Å². The van der Waals surface area contributed by atoms with Crippen LogP contribution in [0.3, 0.4) is 0 Å². The van der Waals surface area contributed by atoms with Crippen molar-refractivity contribution >= 4 is 5.69 Å². The van der Waals surface area contributed by atoms with Gasteiger partial charge >= 0.3 is 0 Å². The molecule has 1 aromatic rings. The van der Waals surface area contributed by atoms with Crippen LogP contribution in [0, 0.1) is 6.92 Å². The van der Waals surface area contributed by atoms with Gasteiger partial charge in [0.2, 0.25) is 0 Å². The fraction of sp³-hybridized carbons (Fsp3) is 0.273. The van der Waals surface area contributed by atoms with Crippen molar-refractivity contribution in [2.24, 2.45) is 0 Å². The number of anilines is 1. The van der Waals surface area contributed by atoms with Crippen molar-refractivity contribution in [3.05, 3.63) is 42.0 Å². The molecule has 0 aliphatic rings. The second-order valence-corrected chi connectivity index (χ2v) is 2.82. The second-order valence-electron chi connectivity index (χ2n) is 2.82. The second kappa shape index (κ2) is 4.60. The van der Waals surface area contributed by atoms with Crippen molar-refractivity contribution in [2.45, 2.75) is 13.8 Å². The van der Waals surface area contributed by atoms with Gasteiger partial charge in [-0.3, -0.25) is 0 Å². The minimum atomic E-state index is 0.902. The molecule has 0 radical (unpaired) electrons. The van der Waals surface area contributed by atoms with Gasteiger partial charge in [-0.05, 0) is 26.0 Å². The Hall–Kier alpha value is -1.24. The monoisotopic (exact) mass is 161 g/mol. The van der Waals surface area contributed by atoms with Crippen LogP contribution in [0.15, 0.2) is 36.4 Å². The Kier molecular flexibility index (Phi) is 3.39. The summed E-state index contributed by atoms with van der Waals surface area (Å²) < 4.78 is 0. The Morgan fingerprint density at radius 1 is 1.25 bits per heavy atom. The Morgan fingerprint density at radius 3 is 2.50 bits per heavy atom. The number of allylic oxidation sites excluding steroid dienone is 1. The zero-order chi connectivity index (χ0) is 8.81. The Morgan fingerprint density at radius 2 is 1.92 bits per heavy atom. The SMILES string of the molecule is CC=CCNc1ccc(C)cc1. The summed E-state index contributed by atoms with van der Waals surface area (Å²) in [5.41, 5.74) is 2.48. The summed E-state index contributed by atoms with van der Waals surface area (Å²) in [7, 11) is 0. The summed E-state index contributed by atoms with van der Waals surface area (Å²) in [4.78, 5) is 0. The van der Waals surface area contributed by atoms with Crippen LogP contribution in [0.5, 0.6) is 0 Å². The molecule has 0 saturated carbocycles. The van der Waals surface area contributed by atoms with Crippen molar-refractivity contribution in [1.29, 1.82) is 0 Å². The van der Waals surface area contributed by atoms with Crippen LogP contribution in [0.4, 0.5) is 5.69 Å². The molecule has 0 heterocycles. The third-order valence-corrected chi connectivity index (χ3v) is 1.71. The van der Waals surface area contributed by atoms with Crippen molar-refractivity contribution < 1.29 is 0 Å². The molecular formula is C11H15N. The van der Waals surface area contributed by atoms with E-state index in [0.717, 1.165) is 6.54 Å². The van der Waals surface area contributed by atoms with E-state index in [1.165, 1.54) is 11.3 Å². The standard InChI is InChI=1S/C11H15N/c1-3-4-9-12-11-7-5-10(2)6-8-11/h3-8,12H,9H2,1-2H3. The van der Waals surface area contributed by atoms with E-state index in [1.54, 1.807) is 0 Å². The van der Waals surface area contributed by atoms with Gasteiger partial charge in [-0.25, -0.2) is 0 Å². The highest BCUT2D eigenvalue weighted by atomic mass is 14.8. The molecule has 1 N–H and O–H groups in total. The average Bonchev–Trinajstić information content (AvgIpc) is 2.09. The molecule has 0 unspecified atom stereocenters. The molecule has 1 nitrogen and oxygen atoms in total. The first-order valence-corrected chi connectivity index (χ1v) is 4.24. The summed E-state index contributed by atoms with van der Waals surface area (Å²) >= 11 is 0. The van der Waals surface area contributed by atoms with Gasteiger partial charge < -0.3 is 5.32 Å². The minimum Gasteiger partial charge on any atom is -0.382 e. The van der Waals surface area contributed by atoms with E-state index in [9.17, 15) is 0 Å². The van der Waals surface area contributed by atoms with Gasteiger partial charge in [-0.15, -0.1) is 0 Å². The van der Waals surface area contributed by atoms with Crippen LogP contribution in [0.1, 0.15) is 12.5 Å². The topological polar surface area (TPSA) is 12.0 Å². The number of hydrogen-bond acceptors (Lipinski definition) is 1. The van der Waals surface area contributed by atoms with Crippen molar-refractivity contribution in [3.63, 3.8) is 0 Å². The van der Waals surface area contributed by atoms with Gasteiger partial charge in [0.1, 0.15) is 0 Å². The molecule has 12 heavy (non-hydrogen) atoms. The molecule has 0 aliphatic carbocycles. The quantitative estimate of drug-likeness (QED) is 0.672. The highest BCUT2D eigenvalue weighted by Gasteiger charge is 1.87. The first-order chi connectivity index (χ1) is 5.83. The maximum Gasteiger partial charge on any atom is 0.0342 e. The molecule has 0 bridgehead atoms.